The summed E-state index contributed by atoms with van der Waals surface area (Å²) in [6.07, 6.45) is 0. The van der Waals surface area contributed by atoms with Crippen molar-refractivity contribution in [2.75, 3.05) is 0 Å². The van der Waals surface area contributed by atoms with Crippen molar-refractivity contribution in [3.05, 3.63) is 0 Å². The van der Waals surface area contributed by atoms with Crippen molar-refractivity contribution in [3.63, 3.8) is 0 Å². The van der Waals surface area contributed by atoms with Crippen molar-refractivity contribution in [2.45, 2.75) is 0 Å². The van der Waals surface area contributed by atoms with Crippen LogP contribution < -0.4 is 58.7 Å². The molecular formula is O12P4Zr3. The fourth-order valence-electron chi connectivity index (χ4n) is 0. The van der Waals surface area contributed by atoms with Crippen molar-refractivity contribution in [1.29, 1.82) is 0 Å². The third kappa shape index (κ3) is 572. The van der Waals surface area contributed by atoms with E-state index in [-0.39, 0.29) is 78.6 Å². The summed E-state index contributed by atoms with van der Waals surface area (Å²) in [4.78, 5) is 102. The van der Waals surface area contributed by atoms with E-state index >= 15 is 0 Å². The van der Waals surface area contributed by atoms with Gasteiger partial charge in [-0.25, -0.2) is 0 Å². The molecule has 12 nitrogen and oxygen atoms in total. The van der Waals surface area contributed by atoms with Gasteiger partial charge in [-0.3, -0.25) is 0 Å². The molecule has 0 bridgehead atoms. The largest absolute Gasteiger partial charge is 4.00 e. The van der Waals surface area contributed by atoms with Gasteiger partial charge in [-0.1, -0.05) is 0 Å². The Bertz CT molecular complexity index is 68.0. The van der Waals surface area contributed by atoms with Crippen LogP contribution in [0.2, 0.25) is 0 Å². The second-order valence-corrected chi connectivity index (χ2v) is 2.68. The number of hydrogen-bond acceptors (Lipinski definition) is 12. The van der Waals surface area contributed by atoms with Gasteiger partial charge in [0.2, 0.25) is 0 Å². The van der Waals surface area contributed by atoms with Crippen LogP contribution in [0.15, 0.2) is 0 Å². The zero-order valence-electron chi connectivity index (χ0n) is 8.19. The summed E-state index contributed by atoms with van der Waals surface area (Å²) in [5, 5.41) is 0. The zero-order chi connectivity index (χ0) is 14.3. The molecule has 0 rings (SSSR count). The molecule has 0 aliphatic heterocycles. The van der Waals surface area contributed by atoms with Crippen LogP contribution in [0.4, 0.5) is 0 Å². The average molecular weight is 590 g/mol. The van der Waals surface area contributed by atoms with Gasteiger partial charge >= 0.3 is 78.6 Å². The maximum atomic E-state index is 8.48. The molecule has 0 saturated heterocycles. The van der Waals surface area contributed by atoms with Gasteiger partial charge < -0.3 is 93.1 Å². The van der Waals surface area contributed by atoms with Crippen LogP contribution in [-0.4, -0.2) is 0 Å². The maximum Gasteiger partial charge on any atom is 4.00 e. The van der Waals surface area contributed by atoms with E-state index in [1.807, 2.05) is 0 Å². The van der Waals surface area contributed by atoms with Crippen molar-refractivity contribution in [2.24, 2.45) is 0 Å². The van der Waals surface area contributed by atoms with Gasteiger partial charge in [0.05, 0.1) is 0 Å². The molecule has 0 fully saturated rings. The number of hydrogen-bond donors (Lipinski definition) is 0. The predicted octanol–water partition coefficient (Wildman–Crippen LogP) is -10.8. The van der Waals surface area contributed by atoms with E-state index in [0.717, 1.165) is 0 Å². The quantitative estimate of drug-likeness (QED) is 0.238. The molecule has 0 aliphatic carbocycles. The van der Waals surface area contributed by atoms with Crippen LogP contribution in [0.3, 0.4) is 0 Å². The molecule has 0 saturated carbocycles. The molecule has 0 aromatic carbocycles. The van der Waals surface area contributed by atoms with Gasteiger partial charge in [0.15, 0.2) is 0 Å². The first-order valence-corrected chi connectivity index (χ1v) is 6.57. The van der Waals surface area contributed by atoms with Crippen LogP contribution in [0.1, 0.15) is 0 Å². The fourth-order valence-corrected chi connectivity index (χ4v) is 0. The Hall–Kier alpha value is 3.89. The molecule has 0 aromatic heterocycles. The Morgan fingerprint density at radius 3 is 0.263 bits per heavy atom. The van der Waals surface area contributed by atoms with Crippen LogP contribution in [0, 0.1) is 0 Å². The summed E-state index contributed by atoms with van der Waals surface area (Å²) in [7, 11) is -13.5. The fraction of sp³-hybridized carbons (Fsp3) is 0. The SMILES string of the molecule is [O-]P([O-])[O-].[O-]P([O-])[O-].[O-]P([O-])[O-].[O-]P([O-])[O-].[Zr+4].[Zr+4].[Zr+4]. The van der Waals surface area contributed by atoms with Gasteiger partial charge in [0, 0.05) is 0 Å². The molecule has 0 atom stereocenters. The second-order valence-electron chi connectivity index (χ2n) is 0.894. The van der Waals surface area contributed by atoms with E-state index in [0.29, 0.717) is 0 Å². The Balaban J connectivity index is -0.0000000192. The normalized spacial score (nSPS) is 7.58. The second kappa shape index (κ2) is 37.8. The van der Waals surface area contributed by atoms with Gasteiger partial charge in [-0.05, 0) is 0 Å². The van der Waals surface area contributed by atoms with E-state index < -0.39 is 34.4 Å². The first-order chi connectivity index (χ1) is 6.93. The molecule has 0 unspecified atom stereocenters. The molecular weight excluding hydrogens is 590 g/mol. The minimum Gasteiger partial charge on any atom is -0.854 e. The van der Waals surface area contributed by atoms with Crippen molar-refractivity contribution in [1.82, 2.24) is 0 Å². The number of rotatable bonds is 0. The van der Waals surface area contributed by atoms with Gasteiger partial charge in [-0.15, -0.1) is 0 Å². The summed E-state index contributed by atoms with van der Waals surface area (Å²) >= 11 is 0. The Morgan fingerprint density at radius 2 is 0.263 bits per heavy atom. The van der Waals surface area contributed by atoms with Crippen LogP contribution >= 0.6 is 34.4 Å². The van der Waals surface area contributed by atoms with Gasteiger partial charge in [0.25, 0.3) is 0 Å². The first-order valence-electron chi connectivity index (χ1n) is 2.19. The minimum absolute atomic E-state index is 0. The standard InChI is InChI=1S/4O3P.3Zr/c4*1-4(2)3;;;/q4*-3;3*+4. The van der Waals surface area contributed by atoms with E-state index in [2.05, 4.69) is 0 Å². The summed E-state index contributed by atoms with van der Waals surface area (Å²) in [5.74, 6) is 0. The van der Waals surface area contributed by atoms with Gasteiger partial charge in [-0.2, -0.15) is 0 Å². The van der Waals surface area contributed by atoms with Gasteiger partial charge in [0.1, 0.15) is 0 Å². The molecule has 104 valence electrons. The first kappa shape index (κ1) is 43.4. The maximum absolute atomic E-state index is 8.48. The van der Waals surface area contributed by atoms with Crippen molar-refractivity contribution >= 4 is 34.4 Å². The summed E-state index contributed by atoms with van der Waals surface area (Å²) in [6, 6.07) is 0. The summed E-state index contributed by atoms with van der Waals surface area (Å²) in [6.45, 7) is 0. The molecule has 0 N–H and O–H groups in total. The predicted molar refractivity (Wildman–Crippen MR) is 27.7 cm³/mol. The van der Waals surface area contributed by atoms with Crippen LogP contribution in [0.5, 0.6) is 0 Å². The molecule has 0 radical (unpaired) electrons. The van der Waals surface area contributed by atoms with Crippen LogP contribution in [-0.2, 0) is 78.6 Å². The molecule has 0 spiro atoms. The molecule has 0 aliphatic rings. The molecule has 0 heterocycles. The molecule has 19 heteroatoms. The Morgan fingerprint density at radius 1 is 0.263 bits per heavy atom. The zero-order valence-corrected chi connectivity index (χ0v) is 19.1. The minimum atomic E-state index is -3.37. The smallest absolute Gasteiger partial charge is 0.854 e. The summed E-state index contributed by atoms with van der Waals surface area (Å²) in [5.41, 5.74) is 0. The van der Waals surface area contributed by atoms with E-state index in [9.17, 15) is 0 Å². The average Bonchev–Trinajstić information content (AvgIpc) is 1.76. The third-order valence-electron chi connectivity index (χ3n) is 0. The summed E-state index contributed by atoms with van der Waals surface area (Å²) < 4.78 is 0. The molecule has 19 heavy (non-hydrogen) atoms. The monoisotopic (exact) mass is 586 g/mol. The molecule has 0 aromatic rings. The third-order valence-corrected chi connectivity index (χ3v) is 0. The van der Waals surface area contributed by atoms with Crippen molar-refractivity contribution < 1.29 is 137 Å². The Kier molecular flexibility index (Phi) is 86.5. The van der Waals surface area contributed by atoms with E-state index in [1.165, 1.54) is 0 Å². The topological polar surface area (TPSA) is 277 Å². The van der Waals surface area contributed by atoms with E-state index in [4.69, 9.17) is 58.7 Å². The van der Waals surface area contributed by atoms with Crippen molar-refractivity contribution in [3.8, 4) is 0 Å². The molecule has 0 amide bonds. The van der Waals surface area contributed by atoms with Crippen LogP contribution in [0.25, 0.3) is 0 Å². The Labute approximate surface area is 170 Å². The van der Waals surface area contributed by atoms with E-state index in [1.54, 1.807) is 0 Å².